The van der Waals surface area contributed by atoms with Gasteiger partial charge < -0.3 is 9.64 Å². The van der Waals surface area contributed by atoms with E-state index in [0.29, 0.717) is 23.7 Å². The molecule has 1 aromatic carbocycles. The van der Waals surface area contributed by atoms with Crippen LogP contribution in [-0.4, -0.2) is 31.5 Å². The van der Waals surface area contributed by atoms with Crippen LogP contribution in [0.25, 0.3) is 0 Å². The minimum atomic E-state index is -3.75. The molecule has 3 rings (SSSR count). The summed E-state index contributed by atoms with van der Waals surface area (Å²) in [7, 11) is -3.75. The van der Waals surface area contributed by atoms with Gasteiger partial charge in [0, 0.05) is 13.1 Å². The van der Waals surface area contributed by atoms with Gasteiger partial charge in [-0.25, -0.2) is 13.1 Å². The summed E-state index contributed by atoms with van der Waals surface area (Å²) in [5.74, 6) is 0.318. The zero-order valence-corrected chi connectivity index (χ0v) is 15.7. The molecule has 0 saturated carbocycles. The number of benzene rings is 1. The number of hydrogen-bond acceptors (Lipinski definition) is 5. The minimum Gasteiger partial charge on any atom is -0.484 e. The standard InChI is InChI=1S/C18H21N3O4S/c1-13(22)21-12-18(2,3)25-17-8-7-15(10-16(17)21)26(23,24)20-11-14-6-4-5-9-19-14/h4-10,20H,11-12H2,1-3H3. The van der Waals surface area contributed by atoms with Crippen LogP contribution in [0.15, 0.2) is 47.5 Å². The topological polar surface area (TPSA) is 88.6 Å². The Hall–Kier alpha value is -2.45. The van der Waals surface area contributed by atoms with E-state index in [4.69, 9.17) is 4.74 Å². The Morgan fingerprint density at radius 2 is 2.08 bits per heavy atom. The number of amides is 1. The van der Waals surface area contributed by atoms with Crippen LogP contribution in [0, 0.1) is 0 Å². The highest BCUT2D eigenvalue weighted by Crippen LogP contribution is 2.38. The Labute approximate surface area is 153 Å². The molecule has 7 nitrogen and oxygen atoms in total. The summed E-state index contributed by atoms with van der Waals surface area (Å²) in [6, 6.07) is 9.81. The third kappa shape index (κ3) is 3.86. The van der Waals surface area contributed by atoms with Crippen LogP contribution in [0.3, 0.4) is 0 Å². The Morgan fingerprint density at radius 3 is 2.73 bits per heavy atom. The normalized spacial score (nSPS) is 15.9. The van der Waals surface area contributed by atoms with Crippen molar-refractivity contribution in [2.75, 3.05) is 11.4 Å². The summed E-state index contributed by atoms with van der Waals surface area (Å²) >= 11 is 0. The van der Waals surface area contributed by atoms with Gasteiger partial charge in [-0.05, 0) is 44.2 Å². The number of anilines is 1. The molecule has 1 aliphatic rings. The zero-order chi connectivity index (χ0) is 18.9. The van der Waals surface area contributed by atoms with Crippen LogP contribution in [-0.2, 0) is 21.4 Å². The van der Waals surface area contributed by atoms with Gasteiger partial charge in [0.2, 0.25) is 15.9 Å². The van der Waals surface area contributed by atoms with Crippen LogP contribution in [0.5, 0.6) is 5.75 Å². The summed E-state index contributed by atoms with van der Waals surface area (Å²) in [4.78, 5) is 17.7. The zero-order valence-electron chi connectivity index (χ0n) is 14.9. The Bertz CT molecular complexity index is 927. The lowest BCUT2D eigenvalue weighted by Crippen LogP contribution is -2.48. The number of nitrogens with one attached hydrogen (secondary N) is 1. The molecule has 0 bridgehead atoms. The van der Waals surface area contributed by atoms with E-state index in [9.17, 15) is 13.2 Å². The fraction of sp³-hybridized carbons (Fsp3) is 0.333. The van der Waals surface area contributed by atoms with Gasteiger partial charge in [-0.2, -0.15) is 0 Å². The van der Waals surface area contributed by atoms with Crippen LogP contribution >= 0.6 is 0 Å². The lowest BCUT2D eigenvalue weighted by molar-refractivity contribution is -0.117. The molecule has 0 unspecified atom stereocenters. The molecule has 2 heterocycles. The summed E-state index contributed by atoms with van der Waals surface area (Å²) in [5.41, 5.74) is 0.526. The molecule has 1 aromatic heterocycles. The minimum absolute atomic E-state index is 0.0711. The molecule has 0 radical (unpaired) electrons. The molecule has 0 spiro atoms. The lowest BCUT2D eigenvalue weighted by Gasteiger charge is -2.39. The molecule has 26 heavy (non-hydrogen) atoms. The Kier molecular flexibility index (Phi) is 4.72. The van der Waals surface area contributed by atoms with Gasteiger partial charge in [-0.15, -0.1) is 0 Å². The van der Waals surface area contributed by atoms with Gasteiger partial charge in [0.15, 0.2) is 0 Å². The van der Waals surface area contributed by atoms with Crippen molar-refractivity contribution in [3.8, 4) is 5.75 Å². The largest absolute Gasteiger partial charge is 0.484 e. The Balaban J connectivity index is 1.90. The van der Waals surface area contributed by atoms with E-state index in [0.717, 1.165) is 0 Å². The number of carbonyl (C=O) groups is 1. The molecule has 0 aliphatic carbocycles. The molecule has 138 valence electrons. The maximum atomic E-state index is 12.6. The molecule has 0 atom stereocenters. The van der Waals surface area contributed by atoms with Gasteiger partial charge in [-0.3, -0.25) is 9.78 Å². The van der Waals surface area contributed by atoms with Gasteiger partial charge in [0.25, 0.3) is 0 Å². The fourth-order valence-corrected chi connectivity index (χ4v) is 3.81. The first-order valence-corrected chi connectivity index (χ1v) is 9.67. The molecule has 1 N–H and O–H groups in total. The smallest absolute Gasteiger partial charge is 0.241 e. The second kappa shape index (κ2) is 6.69. The predicted molar refractivity (Wildman–Crippen MR) is 97.4 cm³/mol. The molecule has 1 amide bonds. The van der Waals surface area contributed by atoms with Gasteiger partial charge in [-0.1, -0.05) is 6.07 Å². The van der Waals surface area contributed by atoms with Gasteiger partial charge >= 0.3 is 0 Å². The summed E-state index contributed by atoms with van der Waals surface area (Å²) < 4.78 is 33.6. The van der Waals surface area contributed by atoms with Crippen LogP contribution in [0.4, 0.5) is 5.69 Å². The van der Waals surface area contributed by atoms with Crippen molar-refractivity contribution in [1.29, 1.82) is 0 Å². The number of pyridine rings is 1. The number of aromatic nitrogens is 1. The first-order valence-electron chi connectivity index (χ1n) is 8.19. The molecule has 0 saturated heterocycles. The maximum Gasteiger partial charge on any atom is 0.241 e. The van der Waals surface area contributed by atoms with Crippen molar-refractivity contribution in [1.82, 2.24) is 9.71 Å². The number of sulfonamides is 1. The van der Waals surface area contributed by atoms with Crippen LogP contribution < -0.4 is 14.4 Å². The van der Waals surface area contributed by atoms with Crippen molar-refractivity contribution < 1.29 is 17.9 Å². The quantitative estimate of drug-likeness (QED) is 0.884. The highest BCUT2D eigenvalue weighted by Gasteiger charge is 2.34. The average Bonchev–Trinajstić information content (AvgIpc) is 2.59. The van der Waals surface area contributed by atoms with Crippen LogP contribution in [0.2, 0.25) is 0 Å². The number of fused-ring (bicyclic) bond motifs is 1. The number of rotatable bonds is 4. The van der Waals surface area contributed by atoms with E-state index in [1.807, 2.05) is 13.8 Å². The SMILES string of the molecule is CC(=O)N1CC(C)(C)Oc2ccc(S(=O)(=O)NCc3ccccn3)cc21. The van der Waals surface area contributed by atoms with Crippen molar-refractivity contribution in [2.24, 2.45) is 0 Å². The molecule has 1 aliphatic heterocycles. The van der Waals surface area contributed by atoms with Gasteiger partial charge in [0.1, 0.15) is 11.4 Å². The van der Waals surface area contributed by atoms with E-state index in [1.165, 1.54) is 24.0 Å². The van der Waals surface area contributed by atoms with Crippen LogP contribution in [0.1, 0.15) is 26.5 Å². The highest BCUT2D eigenvalue weighted by molar-refractivity contribution is 7.89. The molecule has 8 heteroatoms. The predicted octanol–water partition coefficient (Wildman–Crippen LogP) is 2.08. The van der Waals surface area contributed by atoms with E-state index in [1.54, 1.807) is 30.5 Å². The lowest BCUT2D eigenvalue weighted by atomic mass is 10.1. The van der Waals surface area contributed by atoms with Crippen molar-refractivity contribution in [3.05, 3.63) is 48.3 Å². The summed E-state index contributed by atoms with van der Waals surface area (Å²) in [6.45, 7) is 5.64. The number of nitrogens with zero attached hydrogens (tertiary/aromatic N) is 2. The van der Waals surface area contributed by atoms with Crippen molar-refractivity contribution in [3.63, 3.8) is 0 Å². The first-order chi connectivity index (χ1) is 12.2. The van der Waals surface area contributed by atoms with E-state index in [2.05, 4.69) is 9.71 Å². The highest BCUT2D eigenvalue weighted by atomic mass is 32.2. The number of hydrogen-bond donors (Lipinski definition) is 1. The third-order valence-corrected chi connectivity index (χ3v) is 5.41. The second-order valence-electron chi connectivity index (χ2n) is 6.74. The summed E-state index contributed by atoms with van der Waals surface area (Å²) in [6.07, 6.45) is 1.60. The second-order valence-corrected chi connectivity index (χ2v) is 8.51. The summed E-state index contributed by atoms with van der Waals surface area (Å²) in [5, 5.41) is 0. The maximum absolute atomic E-state index is 12.6. The fourth-order valence-electron chi connectivity index (χ4n) is 2.79. The first kappa shape index (κ1) is 18.3. The van der Waals surface area contributed by atoms with Crippen molar-refractivity contribution >= 4 is 21.6 Å². The molecule has 0 fully saturated rings. The number of ether oxygens (including phenoxy) is 1. The van der Waals surface area contributed by atoms with E-state index in [-0.39, 0.29) is 17.3 Å². The van der Waals surface area contributed by atoms with E-state index >= 15 is 0 Å². The third-order valence-electron chi connectivity index (χ3n) is 4.01. The van der Waals surface area contributed by atoms with Gasteiger partial charge in [0.05, 0.1) is 29.4 Å². The molecular weight excluding hydrogens is 354 g/mol. The average molecular weight is 375 g/mol. The Morgan fingerprint density at radius 1 is 1.31 bits per heavy atom. The van der Waals surface area contributed by atoms with Crippen molar-refractivity contribution in [2.45, 2.75) is 37.8 Å². The monoisotopic (exact) mass is 375 g/mol. The van der Waals surface area contributed by atoms with E-state index < -0.39 is 15.6 Å². The molecule has 2 aromatic rings. The number of carbonyl (C=O) groups excluding carboxylic acids is 1. The molecular formula is C18H21N3O4S.